The zero-order valence-corrected chi connectivity index (χ0v) is 11.8. The fourth-order valence-corrected chi connectivity index (χ4v) is 3.76. The molecule has 1 fully saturated rings. The SMILES string of the molecule is NNc1cc(S(=O)(=O)N2CCCC(C(F)(F)F)C2)ccn1. The van der Waals surface area contributed by atoms with Gasteiger partial charge in [-0.05, 0) is 18.9 Å². The molecule has 2 rings (SSSR count). The Morgan fingerprint density at radius 3 is 2.76 bits per heavy atom. The van der Waals surface area contributed by atoms with Crippen molar-refractivity contribution >= 4 is 15.8 Å². The first-order valence-electron chi connectivity index (χ1n) is 6.24. The van der Waals surface area contributed by atoms with Crippen LogP contribution >= 0.6 is 0 Å². The van der Waals surface area contributed by atoms with Gasteiger partial charge in [0.15, 0.2) is 0 Å². The molecule has 3 N–H and O–H groups in total. The van der Waals surface area contributed by atoms with Crippen LogP contribution in [0.2, 0.25) is 0 Å². The maximum Gasteiger partial charge on any atom is 0.393 e. The van der Waals surface area contributed by atoms with E-state index in [-0.39, 0.29) is 30.1 Å². The van der Waals surface area contributed by atoms with Crippen LogP contribution in [-0.4, -0.2) is 37.0 Å². The third kappa shape index (κ3) is 3.44. The number of piperidine rings is 1. The molecule has 1 saturated heterocycles. The number of nitrogens with two attached hydrogens (primary N) is 1. The van der Waals surface area contributed by atoms with Crippen LogP contribution in [0.1, 0.15) is 12.8 Å². The quantitative estimate of drug-likeness (QED) is 0.647. The number of aromatic nitrogens is 1. The molecule has 6 nitrogen and oxygen atoms in total. The average Bonchev–Trinajstić information content (AvgIpc) is 2.46. The number of nitrogen functional groups attached to an aromatic ring is 1. The summed E-state index contributed by atoms with van der Waals surface area (Å²) in [5.74, 6) is 3.65. The van der Waals surface area contributed by atoms with Crippen LogP contribution in [0.4, 0.5) is 19.0 Å². The summed E-state index contributed by atoms with van der Waals surface area (Å²) in [7, 11) is -3.99. The maximum atomic E-state index is 12.8. The van der Waals surface area contributed by atoms with Gasteiger partial charge in [0, 0.05) is 25.4 Å². The first kappa shape index (κ1) is 16.0. The van der Waals surface area contributed by atoms with Crippen LogP contribution in [-0.2, 0) is 10.0 Å². The summed E-state index contributed by atoms with van der Waals surface area (Å²) in [6.45, 7) is -0.484. The number of hydrogen-bond donors (Lipinski definition) is 2. The molecule has 0 bridgehead atoms. The monoisotopic (exact) mass is 324 g/mol. The Balaban J connectivity index is 2.26. The van der Waals surface area contributed by atoms with Gasteiger partial charge in [-0.15, -0.1) is 0 Å². The minimum absolute atomic E-state index is 0.0541. The molecule has 0 amide bonds. The number of sulfonamides is 1. The first-order valence-corrected chi connectivity index (χ1v) is 7.68. The van der Waals surface area contributed by atoms with Crippen molar-refractivity contribution in [3.63, 3.8) is 0 Å². The molecule has 0 aliphatic carbocycles. The first-order chi connectivity index (χ1) is 9.75. The van der Waals surface area contributed by atoms with E-state index in [1.54, 1.807) is 0 Å². The summed E-state index contributed by atoms with van der Waals surface area (Å²) < 4.78 is 63.9. The topological polar surface area (TPSA) is 88.3 Å². The van der Waals surface area contributed by atoms with Crippen molar-refractivity contribution in [2.75, 3.05) is 18.5 Å². The zero-order chi connectivity index (χ0) is 15.7. The zero-order valence-electron chi connectivity index (χ0n) is 11.0. The molecule has 1 aromatic heterocycles. The second-order valence-electron chi connectivity index (χ2n) is 4.76. The van der Waals surface area contributed by atoms with Crippen LogP contribution in [0.15, 0.2) is 23.2 Å². The number of nitrogens with zero attached hydrogens (tertiary/aromatic N) is 2. The van der Waals surface area contributed by atoms with Crippen molar-refractivity contribution in [1.29, 1.82) is 0 Å². The van der Waals surface area contributed by atoms with E-state index in [9.17, 15) is 21.6 Å². The number of rotatable bonds is 3. The molecule has 10 heteroatoms. The van der Waals surface area contributed by atoms with Gasteiger partial charge in [-0.1, -0.05) is 0 Å². The normalized spacial score (nSPS) is 21.2. The van der Waals surface area contributed by atoms with Crippen molar-refractivity contribution in [1.82, 2.24) is 9.29 Å². The molecule has 0 radical (unpaired) electrons. The standard InChI is InChI=1S/C11H15F3N4O2S/c12-11(13,14)8-2-1-5-18(7-8)21(19,20)9-3-4-16-10(6-9)17-15/h3-4,6,8H,1-2,5,7,15H2,(H,16,17). The fourth-order valence-electron chi connectivity index (χ4n) is 2.23. The second kappa shape index (κ2) is 5.78. The summed E-state index contributed by atoms with van der Waals surface area (Å²) in [5.41, 5.74) is 2.20. The minimum atomic E-state index is -4.39. The number of halogens is 3. The number of hydrazine groups is 1. The highest BCUT2D eigenvalue weighted by atomic mass is 32.2. The van der Waals surface area contributed by atoms with Crippen LogP contribution in [0.25, 0.3) is 0 Å². The number of alkyl halides is 3. The molecule has 1 aliphatic rings. The van der Waals surface area contributed by atoms with Crippen molar-refractivity contribution in [2.24, 2.45) is 11.8 Å². The van der Waals surface area contributed by atoms with Gasteiger partial charge in [0.05, 0.1) is 10.8 Å². The lowest BCUT2D eigenvalue weighted by atomic mass is 9.99. The molecule has 0 saturated carbocycles. The molecule has 1 atom stereocenters. The fraction of sp³-hybridized carbons (Fsp3) is 0.545. The van der Waals surface area contributed by atoms with Gasteiger partial charge < -0.3 is 5.43 Å². The van der Waals surface area contributed by atoms with E-state index >= 15 is 0 Å². The summed E-state index contributed by atoms with van der Waals surface area (Å²) in [5, 5.41) is 0. The Kier molecular flexibility index (Phi) is 4.40. The highest BCUT2D eigenvalue weighted by Gasteiger charge is 2.44. The van der Waals surface area contributed by atoms with Crippen molar-refractivity contribution in [2.45, 2.75) is 23.9 Å². The predicted octanol–water partition coefficient (Wildman–Crippen LogP) is 1.33. The Morgan fingerprint density at radius 2 is 2.14 bits per heavy atom. The maximum absolute atomic E-state index is 12.8. The summed E-state index contributed by atoms with van der Waals surface area (Å²) in [6, 6.07) is 2.42. The van der Waals surface area contributed by atoms with Gasteiger partial charge in [0.25, 0.3) is 0 Å². The lowest BCUT2D eigenvalue weighted by molar-refractivity contribution is -0.182. The minimum Gasteiger partial charge on any atom is -0.308 e. The molecule has 1 unspecified atom stereocenters. The highest BCUT2D eigenvalue weighted by molar-refractivity contribution is 7.89. The second-order valence-corrected chi connectivity index (χ2v) is 6.70. The Morgan fingerprint density at radius 1 is 1.43 bits per heavy atom. The van der Waals surface area contributed by atoms with E-state index < -0.39 is 28.7 Å². The van der Waals surface area contributed by atoms with Crippen LogP contribution in [0.3, 0.4) is 0 Å². The van der Waals surface area contributed by atoms with Crippen LogP contribution in [0.5, 0.6) is 0 Å². The van der Waals surface area contributed by atoms with Crippen LogP contribution < -0.4 is 11.3 Å². The van der Waals surface area contributed by atoms with Gasteiger partial charge in [-0.2, -0.15) is 17.5 Å². The molecule has 1 aliphatic heterocycles. The number of anilines is 1. The van der Waals surface area contributed by atoms with Crippen molar-refractivity contribution in [3.05, 3.63) is 18.3 Å². The lowest BCUT2D eigenvalue weighted by Gasteiger charge is -2.32. The van der Waals surface area contributed by atoms with E-state index in [1.165, 1.54) is 18.3 Å². The van der Waals surface area contributed by atoms with E-state index in [2.05, 4.69) is 10.4 Å². The highest BCUT2D eigenvalue weighted by Crippen LogP contribution is 2.35. The molecule has 0 aromatic carbocycles. The molecule has 0 spiro atoms. The third-order valence-corrected chi connectivity index (χ3v) is 5.23. The molecular weight excluding hydrogens is 309 g/mol. The van der Waals surface area contributed by atoms with Gasteiger partial charge >= 0.3 is 6.18 Å². The molecular formula is C11H15F3N4O2S. The third-order valence-electron chi connectivity index (χ3n) is 3.36. The molecule has 1 aromatic rings. The van der Waals surface area contributed by atoms with Gasteiger partial charge in [0.1, 0.15) is 5.82 Å². The number of pyridine rings is 1. The largest absolute Gasteiger partial charge is 0.393 e. The summed E-state index contributed by atoms with van der Waals surface area (Å²) in [4.78, 5) is 3.64. The van der Waals surface area contributed by atoms with E-state index in [0.717, 1.165) is 4.31 Å². The smallest absolute Gasteiger partial charge is 0.308 e. The van der Waals surface area contributed by atoms with E-state index in [4.69, 9.17) is 5.84 Å². The lowest BCUT2D eigenvalue weighted by Crippen LogP contribution is -2.44. The Bertz CT molecular complexity index is 606. The summed E-state index contributed by atoms with van der Waals surface area (Å²) >= 11 is 0. The number of nitrogens with one attached hydrogen (secondary N) is 1. The summed E-state index contributed by atoms with van der Waals surface area (Å²) in [6.07, 6.45) is -3.04. The van der Waals surface area contributed by atoms with Gasteiger partial charge in [-0.25, -0.2) is 19.2 Å². The van der Waals surface area contributed by atoms with E-state index in [1.807, 2.05) is 0 Å². The average molecular weight is 324 g/mol. The van der Waals surface area contributed by atoms with Crippen LogP contribution in [0, 0.1) is 5.92 Å². The molecule has 118 valence electrons. The van der Waals surface area contributed by atoms with Gasteiger partial charge in [-0.3, -0.25) is 0 Å². The predicted molar refractivity (Wildman–Crippen MR) is 69.6 cm³/mol. The van der Waals surface area contributed by atoms with Gasteiger partial charge in [0.2, 0.25) is 10.0 Å². The van der Waals surface area contributed by atoms with Crippen molar-refractivity contribution in [3.8, 4) is 0 Å². The molecule has 2 heterocycles. The van der Waals surface area contributed by atoms with Crippen molar-refractivity contribution < 1.29 is 21.6 Å². The Labute approximate surface area is 120 Å². The molecule has 21 heavy (non-hydrogen) atoms. The van der Waals surface area contributed by atoms with E-state index in [0.29, 0.717) is 0 Å². The Hall–Kier alpha value is -1.39. The number of hydrogen-bond acceptors (Lipinski definition) is 5.